The van der Waals surface area contributed by atoms with Gasteiger partial charge in [0, 0.05) is 37.7 Å². The summed E-state index contributed by atoms with van der Waals surface area (Å²) in [5.74, 6) is -5.16. The number of aliphatic imine (C=N–C) groups is 1. The maximum absolute atomic E-state index is 13.8. The van der Waals surface area contributed by atoms with Crippen LogP contribution in [0.5, 0.6) is 0 Å². The standard InChI is InChI=1S/C17H21F4N3O.HI/c1-2-22-16(24-5-3-17(9-24)4-6-25-10-17)23-8-11-14(20)12(18)7-13(19)15(11)21;/h7H,2-6,8-10H2,1H3,(H,22,23);1H. The number of guanidine groups is 1. The lowest BCUT2D eigenvalue weighted by Crippen LogP contribution is -2.41. The van der Waals surface area contributed by atoms with Gasteiger partial charge in [0.15, 0.2) is 29.2 Å². The molecule has 0 saturated carbocycles. The highest BCUT2D eigenvalue weighted by molar-refractivity contribution is 14.0. The van der Waals surface area contributed by atoms with Gasteiger partial charge in [0.05, 0.1) is 18.7 Å². The van der Waals surface area contributed by atoms with Crippen LogP contribution in [0.15, 0.2) is 11.1 Å². The number of likely N-dealkylation sites (tertiary alicyclic amines) is 1. The van der Waals surface area contributed by atoms with Gasteiger partial charge in [-0.2, -0.15) is 0 Å². The summed E-state index contributed by atoms with van der Waals surface area (Å²) in [6, 6.07) is 0.202. The monoisotopic (exact) mass is 487 g/mol. The lowest BCUT2D eigenvalue weighted by Gasteiger charge is -2.25. The minimum atomic E-state index is -1.42. The summed E-state index contributed by atoms with van der Waals surface area (Å²) in [6.45, 7) is 4.89. The first-order valence-corrected chi connectivity index (χ1v) is 8.38. The highest BCUT2D eigenvalue weighted by Crippen LogP contribution is 2.38. The normalized spacial score (nSPS) is 22.8. The van der Waals surface area contributed by atoms with E-state index in [2.05, 4.69) is 10.3 Å². The summed E-state index contributed by atoms with van der Waals surface area (Å²) in [4.78, 5) is 6.21. The van der Waals surface area contributed by atoms with E-state index in [1.807, 2.05) is 11.8 Å². The Hall–Kier alpha value is -1.10. The fourth-order valence-electron chi connectivity index (χ4n) is 3.43. The molecule has 0 bridgehead atoms. The van der Waals surface area contributed by atoms with Gasteiger partial charge >= 0.3 is 0 Å². The van der Waals surface area contributed by atoms with E-state index < -0.39 is 35.4 Å². The van der Waals surface area contributed by atoms with Gasteiger partial charge in [0.25, 0.3) is 0 Å². The fourth-order valence-corrected chi connectivity index (χ4v) is 3.43. The second-order valence-electron chi connectivity index (χ2n) is 6.59. The summed E-state index contributed by atoms with van der Waals surface area (Å²) in [6.07, 6.45) is 1.93. The van der Waals surface area contributed by atoms with Crippen LogP contribution >= 0.6 is 24.0 Å². The van der Waals surface area contributed by atoms with Crippen molar-refractivity contribution >= 4 is 29.9 Å². The SMILES string of the molecule is CCNC(=NCc1c(F)c(F)cc(F)c1F)N1CCC2(CCOC2)C1.I. The summed E-state index contributed by atoms with van der Waals surface area (Å²) >= 11 is 0. The van der Waals surface area contributed by atoms with Crippen molar-refractivity contribution in [3.8, 4) is 0 Å². The molecule has 0 amide bonds. The zero-order valence-corrected chi connectivity index (χ0v) is 16.8. The average molecular weight is 487 g/mol. The Labute approximate surface area is 167 Å². The van der Waals surface area contributed by atoms with E-state index in [0.29, 0.717) is 19.1 Å². The van der Waals surface area contributed by atoms with Crippen LogP contribution in [0.25, 0.3) is 0 Å². The number of hydrogen-bond donors (Lipinski definition) is 1. The van der Waals surface area contributed by atoms with Crippen LogP contribution in [0, 0.1) is 28.7 Å². The molecular formula is C17H22F4IN3O. The minimum Gasteiger partial charge on any atom is -0.381 e. The van der Waals surface area contributed by atoms with Gasteiger partial charge in [-0.15, -0.1) is 24.0 Å². The molecule has 3 rings (SSSR count). The van der Waals surface area contributed by atoms with Crippen molar-refractivity contribution in [3.63, 3.8) is 0 Å². The summed E-state index contributed by atoms with van der Waals surface area (Å²) in [5.41, 5.74) is -0.608. The average Bonchev–Trinajstić information content (AvgIpc) is 3.22. The van der Waals surface area contributed by atoms with E-state index in [1.54, 1.807) is 0 Å². The molecule has 1 unspecified atom stereocenters. The number of rotatable bonds is 3. The second-order valence-corrected chi connectivity index (χ2v) is 6.59. The smallest absolute Gasteiger partial charge is 0.194 e. The van der Waals surface area contributed by atoms with Crippen molar-refractivity contribution in [2.24, 2.45) is 10.4 Å². The Morgan fingerprint density at radius 3 is 2.50 bits per heavy atom. The van der Waals surface area contributed by atoms with Crippen LogP contribution in [0.2, 0.25) is 0 Å². The molecule has 2 heterocycles. The van der Waals surface area contributed by atoms with E-state index in [4.69, 9.17) is 4.74 Å². The topological polar surface area (TPSA) is 36.9 Å². The molecule has 0 aliphatic carbocycles. The first kappa shape index (κ1) is 21.2. The molecule has 2 aliphatic rings. The fraction of sp³-hybridized carbons (Fsp3) is 0.588. The Morgan fingerprint density at radius 2 is 1.92 bits per heavy atom. The van der Waals surface area contributed by atoms with E-state index >= 15 is 0 Å². The third kappa shape index (κ3) is 4.24. The molecule has 1 aromatic rings. The molecular weight excluding hydrogens is 465 g/mol. The van der Waals surface area contributed by atoms with Gasteiger partial charge in [0.2, 0.25) is 0 Å². The van der Waals surface area contributed by atoms with Gasteiger partial charge in [0.1, 0.15) is 0 Å². The van der Waals surface area contributed by atoms with Gasteiger partial charge in [-0.1, -0.05) is 0 Å². The molecule has 1 atom stereocenters. The highest BCUT2D eigenvalue weighted by atomic mass is 127. The molecule has 26 heavy (non-hydrogen) atoms. The number of nitrogens with zero attached hydrogens (tertiary/aromatic N) is 2. The molecule has 1 aromatic carbocycles. The van der Waals surface area contributed by atoms with Crippen molar-refractivity contribution in [1.29, 1.82) is 0 Å². The van der Waals surface area contributed by atoms with Crippen LogP contribution in [0.1, 0.15) is 25.3 Å². The molecule has 1 N–H and O–H groups in total. The first-order valence-electron chi connectivity index (χ1n) is 8.38. The summed E-state index contributed by atoms with van der Waals surface area (Å²) in [7, 11) is 0. The van der Waals surface area contributed by atoms with Crippen molar-refractivity contribution in [3.05, 3.63) is 34.9 Å². The molecule has 2 saturated heterocycles. The third-order valence-corrected chi connectivity index (χ3v) is 4.85. The summed E-state index contributed by atoms with van der Waals surface area (Å²) < 4.78 is 59.7. The molecule has 2 fully saturated rings. The zero-order chi connectivity index (χ0) is 18.0. The van der Waals surface area contributed by atoms with E-state index in [0.717, 1.165) is 32.5 Å². The van der Waals surface area contributed by atoms with E-state index in [9.17, 15) is 17.6 Å². The maximum Gasteiger partial charge on any atom is 0.194 e. The zero-order valence-electron chi connectivity index (χ0n) is 14.5. The second kappa shape index (κ2) is 8.73. The van der Waals surface area contributed by atoms with Crippen molar-refractivity contribution in [2.75, 3.05) is 32.8 Å². The summed E-state index contributed by atoms with van der Waals surface area (Å²) in [5, 5.41) is 3.07. The number of benzene rings is 1. The van der Waals surface area contributed by atoms with Crippen LogP contribution in [-0.2, 0) is 11.3 Å². The first-order chi connectivity index (χ1) is 12.0. The Morgan fingerprint density at radius 1 is 1.23 bits per heavy atom. The van der Waals surface area contributed by atoms with Crippen LogP contribution in [0.4, 0.5) is 17.6 Å². The van der Waals surface area contributed by atoms with Gasteiger partial charge in [-0.25, -0.2) is 22.6 Å². The number of nitrogens with one attached hydrogen (secondary N) is 1. The van der Waals surface area contributed by atoms with Crippen molar-refractivity contribution in [1.82, 2.24) is 10.2 Å². The Bertz CT molecular complexity index is 654. The Kier molecular flexibility index (Phi) is 7.12. The molecule has 0 radical (unpaired) electrons. The molecule has 1 spiro atoms. The van der Waals surface area contributed by atoms with Crippen LogP contribution in [0.3, 0.4) is 0 Å². The van der Waals surface area contributed by atoms with Crippen molar-refractivity contribution in [2.45, 2.75) is 26.3 Å². The van der Waals surface area contributed by atoms with E-state index in [1.165, 1.54) is 0 Å². The predicted octanol–water partition coefficient (Wildman–Crippen LogP) is 3.44. The van der Waals surface area contributed by atoms with Gasteiger partial charge in [-0.3, -0.25) is 0 Å². The third-order valence-electron chi connectivity index (χ3n) is 4.85. The lowest BCUT2D eigenvalue weighted by molar-refractivity contribution is 0.156. The van der Waals surface area contributed by atoms with Crippen molar-refractivity contribution < 1.29 is 22.3 Å². The number of halogens is 5. The van der Waals surface area contributed by atoms with Crippen LogP contribution in [-0.4, -0.2) is 43.7 Å². The molecule has 9 heteroatoms. The quantitative estimate of drug-likeness (QED) is 0.234. The van der Waals surface area contributed by atoms with Gasteiger partial charge < -0.3 is 15.0 Å². The van der Waals surface area contributed by atoms with Crippen LogP contribution < -0.4 is 5.32 Å². The number of hydrogen-bond acceptors (Lipinski definition) is 2. The highest BCUT2D eigenvalue weighted by Gasteiger charge is 2.42. The van der Waals surface area contributed by atoms with E-state index in [-0.39, 0.29) is 35.5 Å². The number of ether oxygens (including phenoxy) is 1. The Balaban J connectivity index is 0.00000243. The molecule has 0 aromatic heterocycles. The maximum atomic E-state index is 13.8. The molecule has 146 valence electrons. The predicted molar refractivity (Wildman–Crippen MR) is 101 cm³/mol. The molecule has 4 nitrogen and oxygen atoms in total. The molecule has 2 aliphatic heterocycles. The van der Waals surface area contributed by atoms with Gasteiger partial charge in [-0.05, 0) is 19.8 Å². The minimum absolute atomic E-state index is 0. The lowest BCUT2D eigenvalue weighted by atomic mass is 9.87. The largest absolute Gasteiger partial charge is 0.381 e.